The number of alkyl halides is 1. The summed E-state index contributed by atoms with van der Waals surface area (Å²) >= 11 is 3.62. The first kappa shape index (κ1) is 14.4. The molecule has 0 aliphatic carbocycles. The predicted molar refractivity (Wildman–Crippen MR) is 67.1 cm³/mol. The van der Waals surface area contributed by atoms with Gasteiger partial charge >= 0.3 is 0 Å². The molecular weight excluding hydrogens is 240 g/mol. The quantitative estimate of drug-likeness (QED) is 0.620. The summed E-state index contributed by atoms with van der Waals surface area (Å²) < 4.78 is 5.44. The first-order valence-electron chi connectivity index (χ1n) is 5.50. The Labute approximate surface area is 97.7 Å². The molecule has 0 aliphatic rings. The zero-order chi connectivity index (χ0) is 11.2. The Morgan fingerprint density at radius 2 is 1.64 bits per heavy atom. The largest absolute Gasteiger partial charge is 0.379 e. The fourth-order valence-electron chi connectivity index (χ4n) is 1.57. The van der Waals surface area contributed by atoms with Gasteiger partial charge < -0.3 is 4.74 Å². The Kier molecular flexibility index (Phi) is 6.31. The fourth-order valence-corrected chi connectivity index (χ4v) is 2.13. The minimum Gasteiger partial charge on any atom is -0.379 e. The molecule has 0 fully saturated rings. The predicted octanol–water partition coefficient (Wildman–Crippen LogP) is 4.39. The third-order valence-electron chi connectivity index (χ3n) is 3.06. The molecule has 86 valence electrons. The summed E-state index contributed by atoms with van der Waals surface area (Å²) in [6.07, 6.45) is 4.91. The Balaban J connectivity index is 4.06. The van der Waals surface area contributed by atoms with E-state index in [1.165, 1.54) is 19.3 Å². The van der Waals surface area contributed by atoms with E-state index in [1.54, 1.807) is 7.11 Å². The molecule has 0 spiro atoms. The lowest BCUT2D eigenvalue weighted by Crippen LogP contribution is -2.27. The summed E-state index contributed by atoms with van der Waals surface area (Å²) in [6.45, 7) is 8.93. The second kappa shape index (κ2) is 6.12. The van der Waals surface area contributed by atoms with Crippen LogP contribution in [0.15, 0.2) is 0 Å². The van der Waals surface area contributed by atoms with Crippen LogP contribution < -0.4 is 0 Å². The maximum Gasteiger partial charge on any atom is 0.0623 e. The Bertz CT molecular complexity index is 156. The summed E-state index contributed by atoms with van der Waals surface area (Å²) in [5, 5.41) is 1.09. The van der Waals surface area contributed by atoms with Crippen LogP contribution in [0.25, 0.3) is 0 Å². The molecular formula is C12H25BrO. The van der Waals surface area contributed by atoms with Gasteiger partial charge in [-0.2, -0.15) is 0 Å². The van der Waals surface area contributed by atoms with E-state index in [0.717, 1.165) is 11.8 Å². The number of hydrogen-bond donors (Lipinski definition) is 0. The monoisotopic (exact) mass is 264 g/mol. The fraction of sp³-hybridized carbons (Fsp3) is 1.00. The van der Waals surface area contributed by atoms with Crippen LogP contribution in [0.4, 0.5) is 0 Å². The Hall–Kier alpha value is 0.440. The summed E-state index contributed by atoms with van der Waals surface area (Å²) in [5.74, 6) is 0. The van der Waals surface area contributed by atoms with Crippen LogP contribution in [0.2, 0.25) is 0 Å². The van der Waals surface area contributed by atoms with Gasteiger partial charge in [-0.1, -0.05) is 36.2 Å². The summed E-state index contributed by atoms with van der Waals surface area (Å²) in [7, 11) is 1.80. The van der Waals surface area contributed by atoms with Gasteiger partial charge in [-0.25, -0.2) is 0 Å². The van der Waals surface area contributed by atoms with Crippen molar-refractivity contribution >= 4 is 15.9 Å². The number of ether oxygens (including phenoxy) is 1. The van der Waals surface area contributed by atoms with Gasteiger partial charge in [-0.05, 0) is 38.5 Å². The molecule has 0 aromatic carbocycles. The molecule has 0 saturated carbocycles. The molecule has 0 bridgehead atoms. The molecule has 0 aliphatic heterocycles. The first-order valence-corrected chi connectivity index (χ1v) is 6.62. The van der Waals surface area contributed by atoms with E-state index < -0.39 is 0 Å². The van der Waals surface area contributed by atoms with Gasteiger partial charge in [0.2, 0.25) is 0 Å². The first-order chi connectivity index (χ1) is 6.39. The number of halogens is 1. The smallest absolute Gasteiger partial charge is 0.0623 e. The minimum absolute atomic E-state index is 0.0250. The zero-order valence-electron chi connectivity index (χ0n) is 10.3. The van der Waals surface area contributed by atoms with Crippen LogP contribution in [0.1, 0.15) is 53.4 Å². The average Bonchev–Trinajstić information content (AvgIpc) is 2.16. The summed E-state index contributed by atoms with van der Waals surface area (Å²) in [4.78, 5) is 0. The number of methoxy groups -OCH3 is 1. The lowest BCUT2D eigenvalue weighted by atomic mass is 9.80. The van der Waals surface area contributed by atoms with Crippen LogP contribution in [-0.2, 0) is 4.74 Å². The second-order valence-corrected chi connectivity index (χ2v) is 5.72. The molecule has 0 heterocycles. The van der Waals surface area contributed by atoms with Crippen LogP contribution in [0.5, 0.6) is 0 Å². The summed E-state index contributed by atoms with van der Waals surface area (Å²) in [5.41, 5.74) is 0.460. The van der Waals surface area contributed by atoms with E-state index in [0.29, 0.717) is 5.41 Å². The van der Waals surface area contributed by atoms with E-state index in [-0.39, 0.29) is 5.60 Å². The summed E-state index contributed by atoms with van der Waals surface area (Å²) in [6, 6.07) is 0. The molecule has 14 heavy (non-hydrogen) atoms. The van der Waals surface area contributed by atoms with Gasteiger partial charge in [0.25, 0.3) is 0 Å². The van der Waals surface area contributed by atoms with Crippen molar-refractivity contribution in [1.82, 2.24) is 0 Å². The van der Waals surface area contributed by atoms with E-state index in [2.05, 4.69) is 43.6 Å². The molecule has 0 aromatic heterocycles. The maximum atomic E-state index is 5.44. The van der Waals surface area contributed by atoms with Crippen molar-refractivity contribution in [3.63, 3.8) is 0 Å². The number of hydrogen-bond acceptors (Lipinski definition) is 1. The minimum atomic E-state index is 0.0250. The molecule has 0 rings (SSSR count). The molecule has 0 amide bonds. The SMILES string of the molecule is CCCC(C)(CBr)CCC(C)(C)OC. The van der Waals surface area contributed by atoms with Crippen molar-refractivity contribution in [1.29, 1.82) is 0 Å². The van der Waals surface area contributed by atoms with Crippen LogP contribution >= 0.6 is 15.9 Å². The highest BCUT2D eigenvalue weighted by Gasteiger charge is 2.26. The van der Waals surface area contributed by atoms with Crippen LogP contribution in [0.3, 0.4) is 0 Å². The Morgan fingerprint density at radius 3 is 2.00 bits per heavy atom. The van der Waals surface area contributed by atoms with Crippen molar-refractivity contribution in [2.24, 2.45) is 5.41 Å². The van der Waals surface area contributed by atoms with Gasteiger partial charge in [0.1, 0.15) is 0 Å². The van der Waals surface area contributed by atoms with Crippen LogP contribution in [0, 0.1) is 5.41 Å². The normalized spacial score (nSPS) is 16.7. The molecule has 0 N–H and O–H groups in total. The highest BCUT2D eigenvalue weighted by Crippen LogP contribution is 2.34. The number of rotatable bonds is 7. The standard InChI is InChI=1S/C12H25BrO/c1-6-7-12(4,10-13)9-8-11(2,3)14-5/h6-10H2,1-5H3. The Morgan fingerprint density at radius 1 is 1.07 bits per heavy atom. The zero-order valence-corrected chi connectivity index (χ0v) is 11.9. The lowest BCUT2D eigenvalue weighted by molar-refractivity contribution is 0.00567. The molecule has 1 unspecified atom stereocenters. The van der Waals surface area contributed by atoms with Crippen molar-refractivity contribution < 1.29 is 4.74 Å². The molecule has 1 atom stereocenters. The molecule has 0 saturated heterocycles. The third kappa shape index (κ3) is 5.35. The maximum absolute atomic E-state index is 5.44. The van der Waals surface area contributed by atoms with Crippen molar-refractivity contribution in [3.05, 3.63) is 0 Å². The van der Waals surface area contributed by atoms with Crippen molar-refractivity contribution in [3.8, 4) is 0 Å². The highest BCUT2D eigenvalue weighted by molar-refractivity contribution is 9.09. The van der Waals surface area contributed by atoms with Gasteiger partial charge in [-0.15, -0.1) is 0 Å². The van der Waals surface area contributed by atoms with Crippen molar-refractivity contribution in [2.75, 3.05) is 12.4 Å². The molecule has 1 nitrogen and oxygen atoms in total. The lowest BCUT2D eigenvalue weighted by Gasteiger charge is -2.31. The van der Waals surface area contributed by atoms with E-state index in [1.807, 2.05) is 0 Å². The van der Waals surface area contributed by atoms with Gasteiger partial charge in [0.05, 0.1) is 5.60 Å². The van der Waals surface area contributed by atoms with Crippen LogP contribution in [-0.4, -0.2) is 18.0 Å². The van der Waals surface area contributed by atoms with E-state index in [4.69, 9.17) is 4.74 Å². The van der Waals surface area contributed by atoms with Gasteiger partial charge in [0, 0.05) is 12.4 Å². The van der Waals surface area contributed by atoms with Gasteiger partial charge in [-0.3, -0.25) is 0 Å². The third-order valence-corrected chi connectivity index (χ3v) is 4.41. The highest BCUT2D eigenvalue weighted by atomic mass is 79.9. The van der Waals surface area contributed by atoms with Crippen molar-refractivity contribution in [2.45, 2.75) is 59.0 Å². The van der Waals surface area contributed by atoms with E-state index in [9.17, 15) is 0 Å². The topological polar surface area (TPSA) is 9.23 Å². The molecule has 0 radical (unpaired) electrons. The average molecular weight is 265 g/mol. The molecule has 0 aromatic rings. The molecule has 2 heteroatoms. The van der Waals surface area contributed by atoms with Gasteiger partial charge in [0.15, 0.2) is 0 Å². The second-order valence-electron chi connectivity index (χ2n) is 5.16. The van der Waals surface area contributed by atoms with E-state index >= 15 is 0 Å².